The van der Waals surface area contributed by atoms with Crippen molar-refractivity contribution < 1.29 is 13.9 Å². The van der Waals surface area contributed by atoms with E-state index in [1.165, 1.54) is 13.2 Å². The van der Waals surface area contributed by atoms with Crippen LogP contribution in [-0.4, -0.2) is 7.11 Å². The Hall–Kier alpha value is -4.24. The number of nitrogens with zero attached hydrogens (tertiary/aromatic N) is 1. The first-order chi connectivity index (χ1) is 15.6. The van der Waals surface area contributed by atoms with Gasteiger partial charge in [0.25, 0.3) is 0 Å². The van der Waals surface area contributed by atoms with Crippen LogP contribution in [0.4, 0.5) is 5.69 Å². The van der Waals surface area contributed by atoms with Crippen LogP contribution in [-0.2, 0) is 13.0 Å². The van der Waals surface area contributed by atoms with Crippen LogP contribution in [0.15, 0.2) is 75.9 Å². The third kappa shape index (κ3) is 4.57. The molecule has 6 nitrogen and oxygen atoms in total. The molecule has 0 unspecified atom stereocenters. The summed E-state index contributed by atoms with van der Waals surface area (Å²) in [6.45, 7) is 2.55. The van der Waals surface area contributed by atoms with Gasteiger partial charge in [-0.2, -0.15) is 5.26 Å². The highest BCUT2D eigenvalue weighted by Gasteiger charge is 2.09. The smallest absolute Gasteiger partial charge is 0.336 e. The SMILES string of the molecule is CCc1ccc2c(CNc3ccc(Oc4ccc(C#N)cc4OC)cc3)cc(=O)oc2c1. The summed E-state index contributed by atoms with van der Waals surface area (Å²) in [5.41, 5.74) is 3.64. The van der Waals surface area contributed by atoms with E-state index in [0.29, 0.717) is 34.9 Å². The Labute approximate surface area is 185 Å². The number of methoxy groups -OCH3 is 1. The molecule has 1 heterocycles. The van der Waals surface area contributed by atoms with Crippen LogP contribution >= 0.6 is 0 Å². The zero-order valence-electron chi connectivity index (χ0n) is 17.8. The van der Waals surface area contributed by atoms with Crippen LogP contribution < -0.4 is 20.4 Å². The molecule has 0 spiro atoms. The van der Waals surface area contributed by atoms with Crippen LogP contribution in [0.25, 0.3) is 11.0 Å². The highest BCUT2D eigenvalue weighted by molar-refractivity contribution is 5.81. The van der Waals surface area contributed by atoms with Gasteiger partial charge in [0, 0.05) is 29.8 Å². The van der Waals surface area contributed by atoms with Crippen molar-refractivity contribution >= 4 is 16.7 Å². The third-order valence-corrected chi connectivity index (χ3v) is 5.16. The van der Waals surface area contributed by atoms with Gasteiger partial charge in [0.15, 0.2) is 11.5 Å². The lowest BCUT2D eigenvalue weighted by atomic mass is 10.1. The van der Waals surface area contributed by atoms with Crippen molar-refractivity contribution in [2.24, 2.45) is 0 Å². The maximum absolute atomic E-state index is 12.0. The van der Waals surface area contributed by atoms with Crippen molar-refractivity contribution in [2.45, 2.75) is 19.9 Å². The average molecular weight is 426 g/mol. The maximum Gasteiger partial charge on any atom is 0.336 e. The van der Waals surface area contributed by atoms with Crippen molar-refractivity contribution in [1.29, 1.82) is 5.26 Å². The molecule has 0 bridgehead atoms. The third-order valence-electron chi connectivity index (χ3n) is 5.16. The van der Waals surface area contributed by atoms with Gasteiger partial charge in [-0.05, 0) is 60.0 Å². The van der Waals surface area contributed by atoms with Gasteiger partial charge >= 0.3 is 5.63 Å². The Kier molecular flexibility index (Phi) is 6.09. The molecule has 32 heavy (non-hydrogen) atoms. The van der Waals surface area contributed by atoms with Gasteiger partial charge in [0.05, 0.1) is 18.7 Å². The van der Waals surface area contributed by atoms with Crippen LogP contribution in [0.3, 0.4) is 0 Å². The molecule has 4 rings (SSSR count). The van der Waals surface area contributed by atoms with Gasteiger partial charge in [-0.1, -0.05) is 19.1 Å². The van der Waals surface area contributed by atoms with E-state index in [9.17, 15) is 4.79 Å². The number of aryl methyl sites for hydroxylation is 1. The molecule has 4 aromatic rings. The first kappa shape index (κ1) is 21.0. The minimum absolute atomic E-state index is 0.359. The highest BCUT2D eigenvalue weighted by atomic mass is 16.5. The van der Waals surface area contributed by atoms with Gasteiger partial charge < -0.3 is 19.2 Å². The van der Waals surface area contributed by atoms with Crippen molar-refractivity contribution in [1.82, 2.24) is 0 Å². The summed E-state index contributed by atoms with van der Waals surface area (Å²) >= 11 is 0. The van der Waals surface area contributed by atoms with Crippen molar-refractivity contribution in [2.75, 3.05) is 12.4 Å². The highest BCUT2D eigenvalue weighted by Crippen LogP contribution is 2.32. The molecule has 0 fully saturated rings. The number of rotatable bonds is 7. The number of nitrogens with one attached hydrogen (secondary N) is 1. The Balaban J connectivity index is 1.48. The number of hydrogen-bond acceptors (Lipinski definition) is 6. The molecule has 3 aromatic carbocycles. The summed E-state index contributed by atoms with van der Waals surface area (Å²) < 4.78 is 16.6. The van der Waals surface area contributed by atoms with Crippen molar-refractivity contribution in [3.8, 4) is 23.3 Å². The molecule has 0 saturated heterocycles. The van der Waals surface area contributed by atoms with Crippen LogP contribution in [0, 0.1) is 11.3 Å². The Bertz CT molecular complexity index is 1350. The van der Waals surface area contributed by atoms with Gasteiger partial charge in [0.2, 0.25) is 0 Å². The molecule has 0 aliphatic rings. The number of nitriles is 1. The second-order valence-electron chi connectivity index (χ2n) is 7.23. The summed E-state index contributed by atoms with van der Waals surface area (Å²) in [5.74, 6) is 1.66. The van der Waals surface area contributed by atoms with Gasteiger partial charge in [0.1, 0.15) is 11.3 Å². The van der Waals surface area contributed by atoms with Gasteiger partial charge in [-0.15, -0.1) is 0 Å². The zero-order chi connectivity index (χ0) is 22.5. The lowest BCUT2D eigenvalue weighted by molar-refractivity contribution is 0.379. The van der Waals surface area contributed by atoms with E-state index < -0.39 is 0 Å². The van der Waals surface area contributed by atoms with E-state index in [1.54, 1.807) is 18.2 Å². The second-order valence-corrected chi connectivity index (χ2v) is 7.23. The number of ether oxygens (including phenoxy) is 2. The van der Waals surface area contributed by atoms with E-state index >= 15 is 0 Å². The van der Waals surface area contributed by atoms with Crippen LogP contribution in [0.2, 0.25) is 0 Å². The molecule has 160 valence electrons. The molecule has 1 aromatic heterocycles. The minimum Gasteiger partial charge on any atom is -0.493 e. The zero-order valence-corrected chi connectivity index (χ0v) is 17.8. The average Bonchev–Trinajstić information content (AvgIpc) is 2.83. The summed E-state index contributed by atoms with van der Waals surface area (Å²) in [6.07, 6.45) is 0.880. The fourth-order valence-corrected chi connectivity index (χ4v) is 3.43. The molecular weight excluding hydrogens is 404 g/mol. The summed E-state index contributed by atoms with van der Waals surface area (Å²) in [5, 5.41) is 13.3. The summed E-state index contributed by atoms with van der Waals surface area (Å²) in [4.78, 5) is 12.0. The van der Waals surface area contributed by atoms with E-state index in [4.69, 9.17) is 19.2 Å². The molecule has 6 heteroatoms. The van der Waals surface area contributed by atoms with E-state index in [-0.39, 0.29) is 5.63 Å². The first-order valence-electron chi connectivity index (χ1n) is 10.2. The Morgan fingerprint density at radius 3 is 2.53 bits per heavy atom. The maximum atomic E-state index is 12.0. The second kappa shape index (κ2) is 9.27. The fourth-order valence-electron chi connectivity index (χ4n) is 3.43. The van der Waals surface area contributed by atoms with Crippen LogP contribution in [0.1, 0.15) is 23.6 Å². The quantitative estimate of drug-likeness (QED) is 0.385. The standard InChI is InChI=1S/C26H22N2O4/c1-3-17-4-10-22-19(14-26(29)32-24(22)12-17)16-28-20-6-8-21(9-7-20)31-23-11-5-18(15-27)13-25(23)30-2/h4-14,28H,3,16H2,1-2H3. The van der Waals surface area contributed by atoms with E-state index in [1.807, 2.05) is 36.4 Å². The van der Waals surface area contributed by atoms with Crippen molar-refractivity contribution in [3.63, 3.8) is 0 Å². The lowest BCUT2D eigenvalue weighted by Crippen LogP contribution is -2.06. The molecule has 0 aliphatic carbocycles. The van der Waals surface area contributed by atoms with Gasteiger partial charge in [-0.25, -0.2) is 4.79 Å². The summed E-state index contributed by atoms with van der Waals surface area (Å²) in [6, 6.07) is 22.1. The lowest BCUT2D eigenvalue weighted by Gasteiger charge is -2.12. The fraction of sp³-hybridized carbons (Fsp3) is 0.154. The number of benzene rings is 3. The normalized spacial score (nSPS) is 10.5. The Morgan fingerprint density at radius 1 is 1.00 bits per heavy atom. The van der Waals surface area contributed by atoms with Crippen molar-refractivity contribution in [3.05, 3.63) is 93.8 Å². The number of fused-ring (bicyclic) bond motifs is 1. The largest absolute Gasteiger partial charge is 0.493 e. The minimum atomic E-state index is -0.359. The van der Waals surface area contributed by atoms with Crippen LogP contribution in [0.5, 0.6) is 17.2 Å². The number of hydrogen-bond donors (Lipinski definition) is 1. The molecular formula is C26H22N2O4. The molecule has 1 N–H and O–H groups in total. The van der Waals surface area contributed by atoms with E-state index in [2.05, 4.69) is 24.4 Å². The Morgan fingerprint density at radius 2 is 1.81 bits per heavy atom. The predicted molar refractivity (Wildman–Crippen MR) is 123 cm³/mol. The molecule has 0 aliphatic heterocycles. The number of anilines is 1. The topological polar surface area (TPSA) is 84.5 Å². The monoisotopic (exact) mass is 426 g/mol. The van der Waals surface area contributed by atoms with E-state index in [0.717, 1.165) is 28.6 Å². The molecule has 0 saturated carbocycles. The van der Waals surface area contributed by atoms with Gasteiger partial charge in [-0.3, -0.25) is 0 Å². The first-order valence-corrected chi connectivity index (χ1v) is 10.2. The predicted octanol–water partition coefficient (Wildman–Crippen LogP) is 5.64. The molecule has 0 amide bonds. The summed E-state index contributed by atoms with van der Waals surface area (Å²) in [7, 11) is 1.54. The molecule has 0 radical (unpaired) electrons. The molecule has 0 atom stereocenters.